The van der Waals surface area contributed by atoms with E-state index in [1.807, 2.05) is 18.2 Å². The lowest BCUT2D eigenvalue weighted by atomic mass is 9.68. The molecule has 1 unspecified atom stereocenters. The van der Waals surface area contributed by atoms with E-state index in [-0.39, 0.29) is 5.82 Å². The van der Waals surface area contributed by atoms with Gasteiger partial charge in [0.05, 0.1) is 5.41 Å². The lowest BCUT2D eigenvalue weighted by molar-refractivity contribution is -0.149. The Morgan fingerprint density at radius 3 is 2.62 bits per heavy atom. The lowest BCUT2D eigenvalue weighted by Crippen LogP contribution is -2.39. The summed E-state index contributed by atoms with van der Waals surface area (Å²) in [6, 6.07) is 14.2. The summed E-state index contributed by atoms with van der Waals surface area (Å²) in [6.45, 7) is 0. The minimum atomic E-state index is -0.831. The average Bonchev–Trinajstić information content (AvgIpc) is 2.47. The summed E-state index contributed by atoms with van der Waals surface area (Å²) in [5, 5.41) is 9.75. The Morgan fingerprint density at radius 1 is 1.14 bits per heavy atom. The van der Waals surface area contributed by atoms with Crippen LogP contribution < -0.4 is 0 Å². The van der Waals surface area contributed by atoms with Gasteiger partial charge in [-0.3, -0.25) is 4.79 Å². The second-order valence-corrected chi connectivity index (χ2v) is 5.84. The molecule has 1 atom stereocenters. The Labute approximate surface area is 123 Å². The number of rotatable bonds is 3. The number of fused-ring (bicyclic) bond motifs is 1. The summed E-state index contributed by atoms with van der Waals surface area (Å²) in [5.41, 5.74) is 2.25. The minimum absolute atomic E-state index is 0.316. The largest absolute Gasteiger partial charge is 0.481 e. The van der Waals surface area contributed by atoms with Crippen LogP contribution in [0, 0.1) is 11.2 Å². The number of carbonyl (C=O) groups is 1. The van der Waals surface area contributed by atoms with Crippen molar-refractivity contribution in [1.82, 2.24) is 0 Å². The second-order valence-electron chi connectivity index (χ2n) is 5.84. The van der Waals surface area contributed by atoms with Crippen LogP contribution in [0.3, 0.4) is 0 Å². The summed E-state index contributed by atoms with van der Waals surface area (Å²) in [6.07, 6.45) is 2.23. The van der Waals surface area contributed by atoms with Gasteiger partial charge < -0.3 is 5.11 Å². The summed E-state index contributed by atoms with van der Waals surface area (Å²) in [5.74, 6) is -1.11. The highest BCUT2D eigenvalue weighted by atomic mass is 19.1. The van der Waals surface area contributed by atoms with Gasteiger partial charge in [0.1, 0.15) is 5.82 Å². The van der Waals surface area contributed by atoms with Crippen LogP contribution >= 0.6 is 0 Å². The third-order valence-electron chi connectivity index (χ3n) is 4.41. The molecular formula is C18H17FO2. The summed E-state index contributed by atoms with van der Waals surface area (Å²) >= 11 is 0. The standard InChI is InChI=1S/C18H17FO2/c19-16-7-3-4-13(10-16)11-18(17(20)21)9-8-14-5-1-2-6-15(14)12-18/h1-7,10H,8-9,11-12H2,(H,20,21). The Morgan fingerprint density at radius 2 is 1.90 bits per heavy atom. The van der Waals surface area contributed by atoms with Crippen LogP contribution in [0.15, 0.2) is 48.5 Å². The van der Waals surface area contributed by atoms with Gasteiger partial charge in [0.2, 0.25) is 0 Å². The maximum absolute atomic E-state index is 13.3. The maximum Gasteiger partial charge on any atom is 0.310 e. The average molecular weight is 284 g/mol. The molecule has 0 bridgehead atoms. The zero-order chi connectivity index (χ0) is 14.9. The molecule has 108 valence electrons. The predicted octanol–water partition coefficient (Wildman–Crippen LogP) is 3.63. The van der Waals surface area contributed by atoms with Crippen LogP contribution in [0.2, 0.25) is 0 Å². The molecule has 0 saturated carbocycles. The molecule has 3 heteroatoms. The highest BCUT2D eigenvalue weighted by molar-refractivity contribution is 5.76. The van der Waals surface area contributed by atoms with Crippen molar-refractivity contribution >= 4 is 5.97 Å². The Balaban J connectivity index is 1.93. The third-order valence-corrected chi connectivity index (χ3v) is 4.41. The minimum Gasteiger partial charge on any atom is -0.481 e. The van der Waals surface area contributed by atoms with Gasteiger partial charge in [-0.25, -0.2) is 4.39 Å². The number of carboxylic acids is 1. The lowest BCUT2D eigenvalue weighted by Gasteiger charge is -2.34. The van der Waals surface area contributed by atoms with Crippen LogP contribution in [0.5, 0.6) is 0 Å². The quantitative estimate of drug-likeness (QED) is 0.934. The normalized spacial score (nSPS) is 20.8. The van der Waals surface area contributed by atoms with Crippen molar-refractivity contribution in [3.63, 3.8) is 0 Å². The molecular weight excluding hydrogens is 267 g/mol. The van der Waals surface area contributed by atoms with Crippen molar-refractivity contribution in [2.45, 2.75) is 25.7 Å². The van der Waals surface area contributed by atoms with Gasteiger partial charge in [-0.15, -0.1) is 0 Å². The van der Waals surface area contributed by atoms with Crippen LogP contribution in [-0.2, 0) is 24.1 Å². The van der Waals surface area contributed by atoms with E-state index in [0.29, 0.717) is 19.3 Å². The molecule has 2 aromatic rings. The first-order valence-electron chi connectivity index (χ1n) is 7.14. The fourth-order valence-electron chi connectivity index (χ4n) is 3.25. The topological polar surface area (TPSA) is 37.3 Å². The van der Waals surface area contributed by atoms with Gasteiger partial charge in [0.15, 0.2) is 0 Å². The van der Waals surface area contributed by atoms with Gasteiger partial charge in [0.25, 0.3) is 0 Å². The summed E-state index contributed by atoms with van der Waals surface area (Å²) < 4.78 is 13.3. The van der Waals surface area contributed by atoms with E-state index in [9.17, 15) is 14.3 Å². The van der Waals surface area contributed by atoms with Gasteiger partial charge in [-0.2, -0.15) is 0 Å². The molecule has 0 radical (unpaired) electrons. The van der Waals surface area contributed by atoms with Gasteiger partial charge in [-0.1, -0.05) is 36.4 Å². The van der Waals surface area contributed by atoms with Gasteiger partial charge >= 0.3 is 5.97 Å². The highest BCUT2D eigenvalue weighted by Gasteiger charge is 2.41. The molecule has 0 amide bonds. The third kappa shape index (κ3) is 2.68. The van der Waals surface area contributed by atoms with Crippen molar-refractivity contribution in [2.75, 3.05) is 0 Å². The fraction of sp³-hybridized carbons (Fsp3) is 0.278. The Hall–Kier alpha value is -2.16. The van der Waals surface area contributed by atoms with Crippen molar-refractivity contribution in [1.29, 1.82) is 0 Å². The van der Waals surface area contributed by atoms with E-state index in [1.54, 1.807) is 12.1 Å². The number of carboxylic acid groups (broad SMARTS) is 1. The molecule has 0 fully saturated rings. The van der Waals surface area contributed by atoms with Crippen LogP contribution in [0.4, 0.5) is 4.39 Å². The number of benzene rings is 2. The molecule has 0 aliphatic heterocycles. The zero-order valence-corrected chi connectivity index (χ0v) is 11.7. The number of hydrogen-bond acceptors (Lipinski definition) is 1. The number of aryl methyl sites for hydroxylation is 1. The molecule has 1 aliphatic carbocycles. The van der Waals surface area contributed by atoms with Crippen molar-refractivity contribution in [3.8, 4) is 0 Å². The molecule has 3 rings (SSSR count). The number of halogens is 1. The van der Waals surface area contributed by atoms with E-state index in [2.05, 4.69) is 6.07 Å². The Kier molecular flexibility index (Phi) is 3.50. The predicted molar refractivity (Wildman–Crippen MR) is 78.6 cm³/mol. The van der Waals surface area contributed by atoms with Crippen molar-refractivity contribution in [2.24, 2.45) is 5.41 Å². The van der Waals surface area contributed by atoms with Crippen molar-refractivity contribution < 1.29 is 14.3 Å². The molecule has 0 saturated heterocycles. The number of hydrogen-bond donors (Lipinski definition) is 1. The molecule has 1 aliphatic rings. The van der Waals surface area contributed by atoms with E-state index < -0.39 is 11.4 Å². The van der Waals surface area contributed by atoms with Crippen LogP contribution in [0.1, 0.15) is 23.1 Å². The molecule has 0 aromatic heterocycles. The van der Waals surface area contributed by atoms with E-state index in [0.717, 1.165) is 17.5 Å². The SMILES string of the molecule is O=C(O)C1(Cc2cccc(F)c2)CCc2ccccc2C1. The molecule has 21 heavy (non-hydrogen) atoms. The first-order chi connectivity index (χ1) is 10.1. The zero-order valence-electron chi connectivity index (χ0n) is 11.7. The first-order valence-corrected chi connectivity index (χ1v) is 7.14. The van der Waals surface area contributed by atoms with Crippen LogP contribution in [0.25, 0.3) is 0 Å². The summed E-state index contributed by atoms with van der Waals surface area (Å²) in [4.78, 5) is 11.9. The van der Waals surface area contributed by atoms with E-state index in [1.165, 1.54) is 17.7 Å². The van der Waals surface area contributed by atoms with E-state index in [4.69, 9.17) is 0 Å². The van der Waals surface area contributed by atoms with E-state index >= 15 is 0 Å². The van der Waals surface area contributed by atoms with Crippen LogP contribution in [-0.4, -0.2) is 11.1 Å². The highest BCUT2D eigenvalue weighted by Crippen LogP contribution is 2.38. The van der Waals surface area contributed by atoms with Gasteiger partial charge in [-0.05, 0) is 54.5 Å². The monoisotopic (exact) mass is 284 g/mol. The summed E-state index contributed by atoms with van der Waals surface area (Å²) in [7, 11) is 0. The second kappa shape index (κ2) is 5.32. The van der Waals surface area contributed by atoms with Crippen molar-refractivity contribution in [3.05, 3.63) is 71.0 Å². The molecule has 2 nitrogen and oxygen atoms in total. The first kappa shape index (κ1) is 13.8. The molecule has 0 heterocycles. The molecule has 1 N–H and O–H groups in total. The van der Waals surface area contributed by atoms with Gasteiger partial charge in [0, 0.05) is 0 Å². The Bertz CT molecular complexity index is 680. The molecule has 0 spiro atoms. The maximum atomic E-state index is 13.3. The smallest absolute Gasteiger partial charge is 0.310 e. The number of aliphatic carboxylic acids is 1. The fourth-order valence-corrected chi connectivity index (χ4v) is 3.25. The molecule has 2 aromatic carbocycles.